The van der Waals surface area contributed by atoms with E-state index in [4.69, 9.17) is 10.2 Å². The highest BCUT2D eigenvalue weighted by Crippen LogP contribution is 2.23. The summed E-state index contributed by atoms with van der Waals surface area (Å²) in [5, 5.41) is 19.1. The van der Waals surface area contributed by atoms with Gasteiger partial charge in [-0.3, -0.25) is 0 Å². The number of benzene rings is 1. The van der Waals surface area contributed by atoms with Gasteiger partial charge in [0, 0.05) is 5.57 Å². The first-order chi connectivity index (χ1) is 11.0. The molecule has 0 saturated carbocycles. The lowest BCUT2D eigenvalue weighted by Crippen LogP contribution is -2.40. The summed E-state index contributed by atoms with van der Waals surface area (Å²) in [5.74, 6) is -0.935. The molecule has 0 radical (unpaired) electrons. The van der Waals surface area contributed by atoms with Crippen LogP contribution < -0.4 is 5.32 Å². The predicted octanol–water partition coefficient (Wildman–Crippen LogP) is 4.67. The van der Waals surface area contributed by atoms with E-state index in [1.54, 1.807) is 0 Å². The van der Waals surface area contributed by atoms with Gasteiger partial charge in [-0.05, 0) is 44.9 Å². The lowest BCUT2D eigenvalue weighted by Gasteiger charge is -2.25. The number of allylic oxidation sites excluding steroid dienone is 1. The molecule has 0 heterocycles. The number of carbonyl (C=O) groups is 2. The maximum atomic E-state index is 10.7. The maximum Gasteiger partial charge on any atom is 0.405 e. The third-order valence-electron chi connectivity index (χ3n) is 2.86. The Morgan fingerprint density at radius 3 is 1.88 bits per heavy atom. The van der Waals surface area contributed by atoms with E-state index in [1.807, 2.05) is 45.0 Å². The van der Waals surface area contributed by atoms with E-state index in [-0.39, 0.29) is 5.57 Å². The van der Waals surface area contributed by atoms with E-state index in [0.29, 0.717) is 0 Å². The molecule has 132 valence electrons. The van der Waals surface area contributed by atoms with E-state index in [1.165, 1.54) is 6.92 Å². The van der Waals surface area contributed by atoms with Crippen molar-refractivity contribution >= 4 is 17.6 Å². The second-order valence-corrected chi connectivity index (χ2v) is 5.50. The van der Waals surface area contributed by atoms with Gasteiger partial charge in [0.25, 0.3) is 0 Å². The number of hydrogen-bond acceptors (Lipinski definition) is 2. The number of aliphatic carboxylic acids is 1. The van der Waals surface area contributed by atoms with E-state index in [9.17, 15) is 9.59 Å². The molecular formula is C19H27NO4. The van der Waals surface area contributed by atoms with Crippen molar-refractivity contribution in [3.63, 3.8) is 0 Å². The molecule has 24 heavy (non-hydrogen) atoms. The van der Waals surface area contributed by atoms with Crippen LogP contribution in [-0.2, 0) is 10.3 Å². The highest BCUT2D eigenvalue weighted by molar-refractivity contribution is 5.84. The van der Waals surface area contributed by atoms with Crippen LogP contribution in [0.15, 0.2) is 56.2 Å². The molecule has 0 aliphatic heterocycles. The normalized spacial score (nSPS) is 9.33. The zero-order valence-electron chi connectivity index (χ0n) is 14.8. The Hall–Kier alpha value is -2.82. The number of hydrogen-bond donors (Lipinski definition) is 3. The second-order valence-electron chi connectivity index (χ2n) is 5.50. The Kier molecular flexibility index (Phi) is 10.6. The first-order valence-corrected chi connectivity index (χ1v) is 7.13. The highest BCUT2D eigenvalue weighted by atomic mass is 16.4. The highest BCUT2D eigenvalue weighted by Gasteiger charge is 2.22. The van der Waals surface area contributed by atoms with Gasteiger partial charge in [-0.15, -0.1) is 13.2 Å². The number of amides is 1. The molecule has 0 spiro atoms. The smallest absolute Gasteiger partial charge is 0.405 e. The molecule has 0 aliphatic carbocycles. The molecule has 3 N–H and O–H groups in total. The van der Waals surface area contributed by atoms with Crippen LogP contribution in [-0.4, -0.2) is 22.3 Å². The van der Waals surface area contributed by atoms with Gasteiger partial charge >= 0.3 is 12.1 Å². The Bertz CT molecular complexity index is 591. The summed E-state index contributed by atoms with van der Waals surface area (Å²) in [4.78, 5) is 20.3. The van der Waals surface area contributed by atoms with Crippen molar-refractivity contribution in [2.75, 3.05) is 0 Å². The van der Waals surface area contributed by atoms with Gasteiger partial charge < -0.3 is 15.5 Å². The summed E-state index contributed by atoms with van der Waals surface area (Å²) in [6.45, 7) is 20.1. The molecule has 0 bridgehead atoms. The van der Waals surface area contributed by atoms with Gasteiger partial charge in [0.05, 0.1) is 5.54 Å². The molecule has 0 atom stereocenters. The molecule has 0 aliphatic rings. The summed E-state index contributed by atoms with van der Waals surface area (Å²) >= 11 is 0. The van der Waals surface area contributed by atoms with Crippen LogP contribution >= 0.6 is 0 Å². The van der Waals surface area contributed by atoms with Crippen molar-refractivity contribution in [2.45, 2.75) is 33.2 Å². The summed E-state index contributed by atoms with van der Waals surface area (Å²) in [6.07, 6.45) is -1.02. The van der Waals surface area contributed by atoms with Crippen LogP contribution in [0.25, 0.3) is 5.57 Å². The summed E-state index contributed by atoms with van der Waals surface area (Å²) in [5.41, 5.74) is 2.49. The van der Waals surface area contributed by atoms with Crippen LogP contribution in [0.5, 0.6) is 0 Å². The lowest BCUT2D eigenvalue weighted by atomic mass is 9.92. The molecule has 5 nitrogen and oxygen atoms in total. The largest absolute Gasteiger partial charge is 0.478 e. The van der Waals surface area contributed by atoms with Gasteiger partial charge in [0.1, 0.15) is 0 Å². The van der Waals surface area contributed by atoms with Crippen LogP contribution in [0.1, 0.15) is 38.8 Å². The lowest BCUT2D eigenvalue weighted by molar-refractivity contribution is -0.132. The van der Waals surface area contributed by atoms with Crippen LogP contribution in [0.3, 0.4) is 0 Å². The minimum atomic E-state index is -1.02. The van der Waals surface area contributed by atoms with E-state index >= 15 is 0 Å². The van der Waals surface area contributed by atoms with Crippen molar-refractivity contribution in [3.8, 4) is 0 Å². The Labute approximate surface area is 144 Å². The Morgan fingerprint density at radius 1 is 1.08 bits per heavy atom. The number of rotatable bonds is 4. The quantitative estimate of drug-likeness (QED) is 0.552. The van der Waals surface area contributed by atoms with Crippen molar-refractivity contribution in [2.24, 2.45) is 0 Å². The first kappa shape index (κ1) is 23.4. The monoisotopic (exact) mass is 333 g/mol. The fourth-order valence-electron chi connectivity index (χ4n) is 1.51. The fraction of sp³-hybridized carbons (Fsp3) is 0.263. The van der Waals surface area contributed by atoms with Crippen LogP contribution in [0.4, 0.5) is 4.79 Å². The molecule has 1 aromatic carbocycles. The summed E-state index contributed by atoms with van der Waals surface area (Å²) in [7, 11) is 0. The molecule has 0 aromatic heterocycles. The third-order valence-corrected chi connectivity index (χ3v) is 2.86. The number of nitrogens with one attached hydrogen (secondary N) is 1. The summed E-state index contributed by atoms with van der Waals surface area (Å²) in [6, 6.07) is 7.73. The maximum absolute atomic E-state index is 10.7. The standard InChI is InChI=1S/C13H17NO2.C4H6O2.C2H4/c1-9(2)10-6-5-7-11(8-10)13(3,4)14-12(15)16;1-3(2)4(5)6;1-2/h5-8,14H,1H2,2-4H3,(H,15,16);1H2,2H3,(H,5,6);1-2H2. The minimum absolute atomic E-state index is 0.176. The van der Waals surface area contributed by atoms with Gasteiger partial charge in [0.15, 0.2) is 0 Å². The molecule has 1 rings (SSSR count). The molecule has 1 amide bonds. The summed E-state index contributed by atoms with van der Waals surface area (Å²) < 4.78 is 0. The van der Waals surface area contributed by atoms with E-state index in [0.717, 1.165) is 16.7 Å². The third kappa shape index (κ3) is 9.25. The van der Waals surface area contributed by atoms with E-state index in [2.05, 4.69) is 31.6 Å². The molecule has 5 heteroatoms. The molecule has 0 saturated heterocycles. The second kappa shape index (κ2) is 10.8. The molecular weight excluding hydrogens is 306 g/mol. The van der Waals surface area contributed by atoms with Crippen LogP contribution in [0, 0.1) is 0 Å². The van der Waals surface area contributed by atoms with Crippen molar-refractivity contribution in [3.05, 3.63) is 67.3 Å². The van der Waals surface area contributed by atoms with Crippen molar-refractivity contribution in [1.82, 2.24) is 5.32 Å². The SMILES string of the molecule is C=C.C=C(C)C(=O)O.C=C(C)c1cccc(C(C)(C)NC(=O)O)c1. The van der Waals surface area contributed by atoms with Gasteiger partial charge in [-0.1, -0.05) is 36.9 Å². The van der Waals surface area contributed by atoms with Gasteiger partial charge in [0.2, 0.25) is 0 Å². The first-order valence-electron chi connectivity index (χ1n) is 7.13. The zero-order chi connectivity index (χ0) is 19.5. The van der Waals surface area contributed by atoms with E-state index < -0.39 is 17.6 Å². The van der Waals surface area contributed by atoms with Crippen LogP contribution in [0.2, 0.25) is 0 Å². The topological polar surface area (TPSA) is 86.6 Å². The number of carboxylic acid groups (broad SMARTS) is 2. The molecule has 0 unspecified atom stereocenters. The minimum Gasteiger partial charge on any atom is -0.478 e. The Morgan fingerprint density at radius 2 is 1.54 bits per heavy atom. The van der Waals surface area contributed by atoms with Gasteiger partial charge in [-0.25, -0.2) is 9.59 Å². The zero-order valence-corrected chi connectivity index (χ0v) is 14.8. The van der Waals surface area contributed by atoms with Crippen molar-refractivity contribution in [1.29, 1.82) is 0 Å². The Balaban J connectivity index is 0. The van der Waals surface area contributed by atoms with Gasteiger partial charge in [-0.2, -0.15) is 0 Å². The predicted molar refractivity (Wildman–Crippen MR) is 99.0 cm³/mol. The average molecular weight is 333 g/mol. The molecule has 1 aromatic rings. The average Bonchev–Trinajstić information content (AvgIpc) is 2.48. The van der Waals surface area contributed by atoms with Crippen molar-refractivity contribution < 1.29 is 19.8 Å². The number of carboxylic acids is 1. The fourth-order valence-corrected chi connectivity index (χ4v) is 1.51. The molecule has 0 fully saturated rings.